The van der Waals surface area contributed by atoms with Crippen molar-refractivity contribution in [3.05, 3.63) is 81.5 Å². The van der Waals surface area contributed by atoms with Crippen LogP contribution in [-0.2, 0) is 0 Å². The molecule has 3 aromatic rings. The standard InChI is InChI=1S/C20H14ClNO3S/c21-13-7-9-14(10-8-13)22-16(12-17(23)19-6-3-11-26-19)15-4-1-2-5-18(15)25-20(22)24/h1-11,16H,12H2. The number of Topliss-reactive ketones (excluding diaryl/α,β-unsaturated/α-hetero) is 1. The number of carbonyl (C=O) groups excluding carboxylic acids is 2. The topological polar surface area (TPSA) is 46.6 Å². The molecule has 0 N–H and O–H groups in total. The van der Waals surface area contributed by atoms with E-state index >= 15 is 0 Å². The summed E-state index contributed by atoms with van der Waals surface area (Å²) in [5.74, 6) is 0.486. The minimum atomic E-state index is -0.505. The lowest BCUT2D eigenvalue weighted by Crippen LogP contribution is -2.41. The lowest BCUT2D eigenvalue weighted by Gasteiger charge is -2.35. The molecule has 26 heavy (non-hydrogen) atoms. The average Bonchev–Trinajstić information content (AvgIpc) is 3.18. The highest BCUT2D eigenvalue weighted by atomic mass is 35.5. The van der Waals surface area contributed by atoms with Crippen LogP contribution in [0.4, 0.5) is 10.5 Å². The highest BCUT2D eigenvalue weighted by molar-refractivity contribution is 7.12. The number of hydrogen-bond acceptors (Lipinski definition) is 4. The summed E-state index contributed by atoms with van der Waals surface area (Å²) in [6.07, 6.45) is -0.329. The summed E-state index contributed by atoms with van der Waals surface area (Å²) in [5.41, 5.74) is 1.45. The molecule has 0 aliphatic carbocycles. The molecular formula is C20H14ClNO3S. The Hall–Kier alpha value is -2.63. The van der Waals surface area contributed by atoms with E-state index in [1.54, 1.807) is 36.4 Å². The number of thiophene rings is 1. The molecule has 6 heteroatoms. The molecule has 1 aromatic heterocycles. The highest BCUT2D eigenvalue weighted by Crippen LogP contribution is 2.40. The second-order valence-corrected chi connectivity index (χ2v) is 7.26. The molecule has 4 rings (SSSR count). The molecule has 1 unspecified atom stereocenters. The summed E-state index contributed by atoms with van der Waals surface area (Å²) in [7, 11) is 0. The van der Waals surface area contributed by atoms with E-state index in [4.69, 9.17) is 16.3 Å². The summed E-state index contributed by atoms with van der Waals surface area (Å²) < 4.78 is 5.48. The van der Waals surface area contributed by atoms with Crippen LogP contribution in [0.15, 0.2) is 66.0 Å². The van der Waals surface area contributed by atoms with Gasteiger partial charge in [-0.05, 0) is 41.8 Å². The monoisotopic (exact) mass is 383 g/mol. The maximum absolute atomic E-state index is 12.7. The van der Waals surface area contributed by atoms with Gasteiger partial charge in [0.25, 0.3) is 0 Å². The van der Waals surface area contributed by atoms with E-state index in [1.807, 2.05) is 29.6 Å². The van der Waals surface area contributed by atoms with Crippen molar-refractivity contribution >= 4 is 40.5 Å². The molecule has 0 spiro atoms. The van der Waals surface area contributed by atoms with Crippen molar-refractivity contribution in [2.45, 2.75) is 12.5 Å². The van der Waals surface area contributed by atoms with Gasteiger partial charge in [-0.25, -0.2) is 4.79 Å². The number of ketones is 1. The van der Waals surface area contributed by atoms with Gasteiger partial charge >= 0.3 is 6.09 Å². The van der Waals surface area contributed by atoms with E-state index in [0.717, 1.165) is 5.56 Å². The fourth-order valence-corrected chi connectivity index (χ4v) is 3.86. The van der Waals surface area contributed by atoms with Crippen LogP contribution in [0, 0.1) is 0 Å². The van der Waals surface area contributed by atoms with E-state index in [2.05, 4.69) is 0 Å². The Labute approximate surface area is 159 Å². The molecule has 2 heterocycles. The first kappa shape index (κ1) is 16.8. The van der Waals surface area contributed by atoms with E-state index in [1.165, 1.54) is 16.2 Å². The normalized spacial score (nSPS) is 16.1. The predicted octanol–water partition coefficient (Wildman–Crippen LogP) is 5.73. The molecule has 0 saturated carbocycles. The number of nitrogens with zero attached hydrogens (tertiary/aromatic N) is 1. The Balaban J connectivity index is 1.76. The van der Waals surface area contributed by atoms with Gasteiger partial charge < -0.3 is 4.74 Å². The number of ether oxygens (including phenoxy) is 1. The molecule has 130 valence electrons. The molecule has 0 bridgehead atoms. The third kappa shape index (κ3) is 3.11. The van der Waals surface area contributed by atoms with Crippen LogP contribution in [0.25, 0.3) is 0 Å². The minimum absolute atomic E-state index is 0.00605. The van der Waals surface area contributed by atoms with Gasteiger partial charge in [0.15, 0.2) is 5.78 Å². The van der Waals surface area contributed by atoms with Gasteiger partial charge in [0, 0.05) is 22.7 Å². The summed E-state index contributed by atoms with van der Waals surface area (Å²) in [6, 6.07) is 17.4. The van der Waals surface area contributed by atoms with Crippen molar-refractivity contribution in [2.24, 2.45) is 0 Å². The summed E-state index contributed by atoms with van der Waals surface area (Å²) in [4.78, 5) is 27.6. The molecule has 0 fully saturated rings. The fourth-order valence-electron chi connectivity index (χ4n) is 3.06. The largest absolute Gasteiger partial charge is 0.420 e. The zero-order valence-corrected chi connectivity index (χ0v) is 15.2. The van der Waals surface area contributed by atoms with Crippen molar-refractivity contribution in [3.63, 3.8) is 0 Å². The van der Waals surface area contributed by atoms with Crippen molar-refractivity contribution < 1.29 is 14.3 Å². The number of benzene rings is 2. The summed E-state index contributed by atoms with van der Waals surface area (Å²) >= 11 is 7.37. The third-order valence-corrected chi connectivity index (χ3v) is 5.43. The highest BCUT2D eigenvalue weighted by Gasteiger charge is 2.36. The smallest absolute Gasteiger partial charge is 0.410 e. The second-order valence-electron chi connectivity index (χ2n) is 5.87. The van der Waals surface area contributed by atoms with Crippen LogP contribution in [0.1, 0.15) is 27.7 Å². The zero-order chi connectivity index (χ0) is 18.1. The third-order valence-electron chi connectivity index (χ3n) is 4.26. The molecule has 1 amide bonds. The Morgan fingerprint density at radius 1 is 1.08 bits per heavy atom. The lowest BCUT2D eigenvalue weighted by molar-refractivity contribution is 0.0975. The van der Waals surface area contributed by atoms with Crippen molar-refractivity contribution in [1.29, 1.82) is 0 Å². The number of fused-ring (bicyclic) bond motifs is 1. The van der Waals surface area contributed by atoms with E-state index in [-0.39, 0.29) is 12.2 Å². The van der Waals surface area contributed by atoms with Gasteiger partial charge in [-0.15, -0.1) is 11.3 Å². The molecule has 1 atom stereocenters. The van der Waals surface area contributed by atoms with Crippen LogP contribution in [0.5, 0.6) is 5.75 Å². The van der Waals surface area contributed by atoms with E-state index in [9.17, 15) is 9.59 Å². The van der Waals surface area contributed by atoms with Gasteiger partial charge in [-0.1, -0.05) is 35.9 Å². The van der Waals surface area contributed by atoms with Gasteiger partial charge in [-0.3, -0.25) is 9.69 Å². The van der Waals surface area contributed by atoms with Crippen LogP contribution in [0.3, 0.4) is 0 Å². The van der Waals surface area contributed by atoms with Gasteiger partial charge in [0.1, 0.15) is 5.75 Å². The zero-order valence-electron chi connectivity index (χ0n) is 13.6. The summed E-state index contributed by atoms with van der Waals surface area (Å²) in [5, 5.41) is 2.44. The molecule has 1 aliphatic heterocycles. The number of halogens is 1. The van der Waals surface area contributed by atoms with Crippen LogP contribution < -0.4 is 9.64 Å². The predicted molar refractivity (Wildman–Crippen MR) is 102 cm³/mol. The van der Waals surface area contributed by atoms with Crippen LogP contribution >= 0.6 is 22.9 Å². The van der Waals surface area contributed by atoms with E-state index in [0.29, 0.717) is 21.3 Å². The first-order valence-corrected chi connectivity index (χ1v) is 9.31. The number of para-hydroxylation sites is 1. The van der Waals surface area contributed by atoms with Crippen LogP contribution in [-0.4, -0.2) is 11.9 Å². The lowest BCUT2D eigenvalue weighted by atomic mass is 9.96. The maximum Gasteiger partial charge on any atom is 0.420 e. The second kappa shape index (κ2) is 6.94. The van der Waals surface area contributed by atoms with Crippen molar-refractivity contribution in [2.75, 3.05) is 4.90 Å². The molecule has 1 aliphatic rings. The Morgan fingerprint density at radius 2 is 1.85 bits per heavy atom. The maximum atomic E-state index is 12.7. The number of rotatable bonds is 4. The number of carbonyl (C=O) groups is 2. The first-order valence-electron chi connectivity index (χ1n) is 8.06. The SMILES string of the molecule is O=C(CC1c2ccccc2OC(=O)N1c1ccc(Cl)cc1)c1cccs1. The molecule has 0 saturated heterocycles. The van der Waals surface area contributed by atoms with Gasteiger partial charge in [-0.2, -0.15) is 0 Å². The number of hydrogen-bond donors (Lipinski definition) is 0. The average molecular weight is 384 g/mol. The molecule has 4 nitrogen and oxygen atoms in total. The number of anilines is 1. The Bertz CT molecular complexity index is 953. The Morgan fingerprint density at radius 3 is 2.58 bits per heavy atom. The molecular weight excluding hydrogens is 370 g/mol. The first-order chi connectivity index (χ1) is 12.6. The Kier molecular flexibility index (Phi) is 4.49. The van der Waals surface area contributed by atoms with Gasteiger partial charge in [0.05, 0.1) is 10.9 Å². The quantitative estimate of drug-likeness (QED) is 0.540. The number of amides is 1. The van der Waals surface area contributed by atoms with Crippen molar-refractivity contribution in [1.82, 2.24) is 0 Å². The molecule has 2 aromatic carbocycles. The molecule has 0 radical (unpaired) electrons. The van der Waals surface area contributed by atoms with Crippen molar-refractivity contribution in [3.8, 4) is 5.75 Å². The minimum Gasteiger partial charge on any atom is -0.410 e. The fraction of sp³-hybridized carbons (Fsp3) is 0.100. The van der Waals surface area contributed by atoms with Crippen LogP contribution in [0.2, 0.25) is 5.02 Å². The van der Waals surface area contributed by atoms with Gasteiger partial charge in [0.2, 0.25) is 0 Å². The summed E-state index contributed by atoms with van der Waals surface area (Å²) in [6.45, 7) is 0. The van der Waals surface area contributed by atoms with E-state index < -0.39 is 12.1 Å².